The molecule has 112 valence electrons. The number of aryl methyl sites for hydroxylation is 1. The third-order valence-corrected chi connectivity index (χ3v) is 5.44. The van der Waals surface area contributed by atoms with Crippen molar-refractivity contribution in [3.8, 4) is 11.5 Å². The molecule has 4 rings (SSSR count). The normalized spacial score (nSPS) is 21.6. The lowest BCUT2D eigenvalue weighted by molar-refractivity contribution is 0.109. The van der Waals surface area contributed by atoms with Gasteiger partial charge in [0.05, 0.1) is 16.7 Å². The maximum absolute atomic E-state index is 6.19. The second-order valence-corrected chi connectivity index (χ2v) is 6.94. The van der Waals surface area contributed by atoms with Crippen LogP contribution in [-0.4, -0.2) is 22.9 Å². The van der Waals surface area contributed by atoms with Crippen molar-refractivity contribution in [1.82, 2.24) is 10.1 Å². The first-order valence-corrected chi connectivity index (χ1v) is 8.47. The van der Waals surface area contributed by atoms with Crippen molar-refractivity contribution in [2.45, 2.75) is 51.0 Å². The van der Waals surface area contributed by atoms with Gasteiger partial charge in [0.1, 0.15) is 0 Å². The Balaban J connectivity index is 1.61. The summed E-state index contributed by atoms with van der Waals surface area (Å²) in [5.41, 5.74) is 8.51. The van der Waals surface area contributed by atoms with E-state index < -0.39 is 0 Å². The van der Waals surface area contributed by atoms with Crippen LogP contribution in [0.2, 0.25) is 0 Å². The third kappa shape index (κ3) is 2.46. The third-order valence-electron chi connectivity index (χ3n) is 4.31. The van der Waals surface area contributed by atoms with Crippen molar-refractivity contribution in [3.05, 3.63) is 16.3 Å². The van der Waals surface area contributed by atoms with Crippen LogP contribution in [-0.2, 0) is 24.0 Å². The van der Waals surface area contributed by atoms with Gasteiger partial charge in [0.25, 0.3) is 5.89 Å². The molecule has 21 heavy (non-hydrogen) atoms. The van der Waals surface area contributed by atoms with Crippen molar-refractivity contribution in [1.29, 1.82) is 0 Å². The number of thiophene rings is 1. The van der Waals surface area contributed by atoms with Crippen LogP contribution in [0.4, 0.5) is 5.00 Å². The van der Waals surface area contributed by atoms with E-state index in [1.807, 2.05) is 0 Å². The molecule has 2 aliphatic rings. The molecule has 0 saturated carbocycles. The number of ether oxygens (including phenoxy) is 1. The summed E-state index contributed by atoms with van der Waals surface area (Å²) in [6.45, 7) is 0.848. The van der Waals surface area contributed by atoms with E-state index in [0.29, 0.717) is 5.89 Å². The van der Waals surface area contributed by atoms with Gasteiger partial charge in [-0.3, -0.25) is 0 Å². The van der Waals surface area contributed by atoms with Gasteiger partial charge < -0.3 is 15.0 Å². The second-order valence-electron chi connectivity index (χ2n) is 5.81. The highest BCUT2D eigenvalue weighted by molar-refractivity contribution is 7.16. The summed E-state index contributed by atoms with van der Waals surface area (Å²) >= 11 is 1.68. The van der Waals surface area contributed by atoms with E-state index in [2.05, 4.69) is 10.1 Å². The number of nitrogens with two attached hydrogens (primary N) is 1. The summed E-state index contributed by atoms with van der Waals surface area (Å²) in [5, 5.41) is 4.92. The Morgan fingerprint density at radius 2 is 2.14 bits per heavy atom. The Bertz CT molecular complexity index is 643. The van der Waals surface area contributed by atoms with Crippen molar-refractivity contribution < 1.29 is 9.26 Å². The first-order chi connectivity index (χ1) is 10.3. The predicted molar refractivity (Wildman–Crippen MR) is 81.3 cm³/mol. The molecule has 1 atom stereocenters. The number of hydrogen-bond donors (Lipinski definition) is 1. The van der Waals surface area contributed by atoms with Crippen molar-refractivity contribution in [2.24, 2.45) is 0 Å². The van der Waals surface area contributed by atoms with E-state index in [0.717, 1.165) is 55.1 Å². The van der Waals surface area contributed by atoms with E-state index in [9.17, 15) is 0 Å². The van der Waals surface area contributed by atoms with E-state index >= 15 is 0 Å². The summed E-state index contributed by atoms with van der Waals surface area (Å²) in [6.07, 6.45) is 7.84. The molecular formula is C15H19N3O2S. The summed E-state index contributed by atoms with van der Waals surface area (Å²) in [6, 6.07) is 0. The maximum Gasteiger partial charge on any atom is 0.261 e. The zero-order valence-electron chi connectivity index (χ0n) is 11.9. The summed E-state index contributed by atoms with van der Waals surface area (Å²) in [5.74, 6) is 1.31. The van der Waals surface area contributed by atoms with Gasteiger partial charge in [-0.25, -0.2) is 0 Å². The van der Waals surface area contributed by atoms with Gasteiger partial charge in [-0.1, -0.05) is 5.16 Å². The molecule has 1 unspecified atom stereocenters. The van der Waals surface area contributed by atoms with Gasteiger partial charge in [-0.05, 0) is 44.1 Å². The molecule has 5 nitrogen and oxygen atoms in total. The first kappa shape index (κ1) is 13.3. The molecule has 1 aliphatic carbocycles. The summed E-state index contributed by atoms with van der Waals surface area (Å²) < 4.78 is 11.1. The minimum atomic E-state index is 0.240. The van der Waals surface area contributed by atoms with Crippen LogP contribution in [0.3, 0.4) is 0 Å². The number of nitrogens with zero attached hydrogens (tertiary/aromatic N) is 2. The van der Waals surface area contributed by atoms with E-state index in [-0.39, 0.29) is 6.10 Å². The fourth-order valence-corrected chi connectivity index (χ4v) is 4.42. The molecule has 6 heteroatoms. The Morgan fingerprint density at radius 3 is 3.00 bits per heavy atom. The largest absolute Gasteiger partial charge is 0.390 e. The van der Waals surface area contributed by atoms with Gasteiger partial charge in [0, 0.05) is 17.9 Å². The molecular weight excluding hydrogens is 286 g/mol. The van der Waals surface area contributed by atoms with Gasteiger partial charge in [-0.2, -0.15) is 4.98 Å². The van der Waals surface area contributed by atoms with Crippen molar-refractivity contribution in [2.75, 3.05) is 12.3 Å². The highest BCUT2D eigenvalue weighted by atomic mass is 32.1. The lowest BCUT2D eigenvalue weighted by atomic mass is 9.95. The van der Waals surface area contributed by atoms with Crippen LogP contribution in [0, 0.1) is 0 Å². The number of aromatic nitrogens is 2. The first-order valence-electron chi connectivity index (χ1n) is 7.66. The number of rotatable bonds is 3. The smallest absolute Gasteiger partial charge is 0.261 e. The monoisotopic (exact) mass is 305 g/mol. The average molecular weight is 305 g/mol. The molecule has 1 aliphatic heterocycles. The zero-order valence-corrected chi connectivity index (χ0v) is 12.7. The number of nitrogen functional groups attached to an aromatic ring is 1. The molecule has 0 radical (unpaired) electrons. The van der Waals surface area contributed by atoms with E-state index in [1.165, 1.54) is 23.3 Å². The molecule has 0 aromatic carbocycles. The predicted octanol–water partition coefficient (Wildman–Crippen LogP) is 2.98. The van der Waals surface area contributed by atoms with Gasteiger partial charge >= 0.3 is 0 Å². The van der Waals surface area contributed by atoms with Crippen LogP contribution in [0.15, 0.2) is 4.52 Å². The number of anilines is 1. The summed E-state index contributed by atoms with van der Waals surface area (Å²) in [7, 11) is 0. The van der Waals surface area contributed by atoms with Crippen molar-refractivity contribution in [3.63, 3.8) is 0 Å². The molecule has 3 heterocycles. The minimum absolute atomic E-state index is 0.240. The fraction of sp³-hybridized carbons (Fsp3) is 0.600. The molecule has 0 spiro atoms. The topological polar surface area (TPSA) is 74.2 Å². The van der Waals surface area contributed by atoms with Crippen molar-refractivity contribution >= 4 is 16.3 Å². The lowest BCUT2D eigenvalue weighted by Crippen LogP contribution is -2.09. The van der Waals surface area contributed by atoms with Gasteiger partial charge in [0.15, 0.2) is 5.82 Å². The van der Waals surface area contributed by atoms with Crippen LogP contribution in [0.25, 0.3) is 11.5 Å². The Hall–Kier alpha value is -1.40. The summed E-state index contributed by atoms with van der Waals surface area (Å²) in [4.78, 5) is 5.95. The van der Waals surface area contributed by atoms with E-state index in [4.69, 9.17) is 15.0 Å². The molecule has 0 amide bonds. The molecule has 2 aromatic rings. The minimum Gasteiger partial charge on any atom is -0.390 e. The molecule has 0 bridgehead atoms. The lowest BCUT2D eigenvalue weighted by Gasteiger charge is -2.10. The van der Waals surface area contributed by atoms with Gasteiger partial charge in [0.2, 0.25) is 0 Å². The average Bonchev–Trinajstić information content (AvgIpc) is 3.18. The SMILES string of the molecule is Nc1sc2c(c1-c1nc(CC3CCCO3)no1)CCCC2. The number of hydrogen-bond acceptors (Lipinski definition) is 6. The van der Waals surface area contributed by atoms with Crippen LogP contribution in [0.1, 0.15) is 41.9 Å². The zero-order chi connectivity index (χ0) is 14.2. The quantitative estimate of drug-likeness (QED) is 0.943. The van der Waals surface area contributed by atoms with Gasteiger partial charge in [-0.15, -0.1) is 11.3 Å². The highest BCUT2D eigenvalue weighted by Crippen LogP contribution is 2.41. The molecule has 1 saturated heterocycles. The highest BCUT2D eigenvalue weighted by Gasteiger charge is 2.25. The Kier molecular flexibility index (Phi) is 3.43. The van der Waals surface area contributed by atoms with E-state index in [1.54, 1.807) is 11.3 Å². The second kappa shape index (κ2) is 5.42. The Morgan fingerprint density at radius 1 is 1.24 bits per heavy atom. The van der Waals surface area contributed by atoms with Crippen LogP contribution < -0.4 is 5.73 Å². The molecule has 2 aromatic heterocycles. The number of fused-ring (bicyclic) bond motifs is 1. The maximum atomic E-state index is 6.19. The molecule has 1 fully saturated rings. The Labute approximate surface area is 127 Å². The van der Waals surface area contributed by atoms with Crippen LogP contribution in [0.5, 0.6) is 0 Å². The standard InChI is InChI=1S/C15H19N3O2S/c16-14-13(10-5-1-2-6-11(10)21-14)15-17-12(18-20-15)8-9-4-3-7-19-9/h9H,1-8,16H2. The molecule has 2 N–H and O–H groups in total. The fourth-order valence-electron chi connectivity index (χ4n) is 3.27. The van der Waals surface area contributed by atoms with Crippen LogP contribution >= 0.6 is 11.3 Å².